The van der Waals surface area contributed by atoms with Crippen molar-refractivity contribution < 1.29 is 9.53 Å². The van der Waals surface area contributed by atoms with Crippen molar-refractivity contribution in [1.29, 1.82) is 0 Å². The van der Waals surface area contributed by atoms with Gasteiger partial charge in [0.15, 0.2) is 0 Å². The first-order valence-electron chi connectivity index (χ1n) is 8.97. The maximum atomic E-state index is 12.2. The number of ether oxygens (including phenoxy) is 1. The highest BCUT2D eigenvalue weighted by atomic mass is 32.1. The van der Waals surface area contributed by atoms with Gasteiger partial charge < -0.3 is 4.74 Å². The second-order valence-corrected chi connectivity index (χ2v) is 7.16. The molecule has 0 aliphatic carbocycles. The number of benzene rings is 2. The smallest absolute Gasteiger partial charge is 0.289 e. The Labute approximate surface area is 171 Å². The van der Waals surface area contributed by atoms with E-state index in [4.69, 9.17) is 4.74 Å². The Bertz CT molecular complexity index is 1100. The Kier molecular flexibility index (Phi) is 5.78. The van der Waals surface area contributed by atoms with Gasteiger partial charge in [0.05, 0.1) is 11.9 Å². The largest absolute Gasteiger partial charge is 0.489 e. The van der Waals surface area contributed by atoms with Crippen molar-refractivity contribution in [2.24, 2.45) is 5.10 Å². The first kappa shape index (κ1) is 18.6. The summed E-state index contributed by atoms with van der Waals surface area (Å²) in [6.45, 7) is 0.487. The van der Waals surface area contributed by atoms with Crippen LogP contribution in [0.25, 0.3) is 11.3 Å². The van der Waals surface area contributed by atoms with E-state index in [9.17, 15) is 4.79 Å². The van der Waals surface area contributed by atoms with Gasteiger partial charge in [0, 0.05) is 10.4 Å². The van der Waals surface area contributed by atoms with E-state index < -0.39 is 0 Å². The fraction of sp³-hybridized carbons (Fsp3) is 0.0455. The Morgan fingerprint density at radius 1 is 1.10 bits per heavy atom. The zero-order valence-corrected chi connectivity index (χ0v) is 16.2. The molecule has 0 atom stereocenters. The van der Waals surface area contributed by atoms with E-state index in [1.54, 1.807) is 23.6 Å². The summed E-state index contributed by atoms with van der Waals surface area (Å²) in [4.78, 5) is 13.2. The van der Waals surface area contributed by atoms with Gasteiger partial charge in [-0.1, -0.05) is 48.5 Å². The standard InChI is InChI=1S/C22H18N4O2S/c27-22(26-23-14-19-10-5-11-29-19)21-13-20(24-25-21)17-8-4-9-18(12-17)28-15-16-6-2-1-3-7-16/h1-14H,15H2,(H,24,25)(H,26,27)/b23-14+. The monoisotopic (exact) mass is 402 g/mol. The van der Waals surface area contributed by atoms with Crippen molar-refractivity contribution in [3.8, 4) is 17.0 Å². The van der Waals surface area contributed by atoms with Crippen LogP contribution in [0.4, 0.5) is 0 Å². The highest BCUT2D eigenvalue weighted by Crippen LogP contribution is 2.23. The SMILES string of the molecule is O=C(N/N=C/c1cccs1)c1cc(-c2cccc(OCc3ccccc3)c2)n[nH]1. The van der Waals surface area contributed by atoms with Crippen molar-refractivity contribution in [1.82, 2.24) is 15.6 Å². The number of amides is 1. The molecule has 4 aromatic rings. The van der Waals surface area contributed by atoms with Gasteiger partial charge >= 0.3 is 0 Å². The van der Waals surface area contributed by atoms with E-state index >= 15 is 0 Å². The molecule has 29 heavy (non-hydrogen) atoms. The third-order valence-electron chi connectivity index (χ3n) is 4.10. The minimum atomic E-state index is -0.354. The average molecular weight is 402 g/mol. The number of hydrogen-bond donors (Lipinski definition) is 2. The molecule has 0 bridgehead atoms. The van der Waals surface area contributed by atoms with E-state index in [2.05, 4.69) is 20.7 Å². The molecule has 6 nitrogen and oxygen atoms in total. The summed E-state index contributed by atoms with van der Waals surface area (Å²) >= 11 is 1.54. The predicted octanol–water partition coefficient (Wildman–Crippen LogP) is 4.48. The van der Waals surface area contributed by atoms with Crippen molar-refractivity contribution >= 4 is 23.5 Å². The summed E-state index contributed by atoms with van der Waals surface area (Å²) in [5.41, 5.74) is 5.43. The highest BCUT2D eigenvalue weighted by Gasteiger charge is 2.11. The number of aromatic nitrogens is 2. The second kappa shape index (κ2) is 8.99. The first-order valence-corrected chi connectivity index (χ1v) is 9.85. The molecule has 2 aromatic heterocycles. The quantitative estimate of drug-likeness (QED) is 0.353. The van der Waals surface area contributed by atoms with Crippen LogP contribution >= 0.6 is 11.3 Å². The Morgan fingerprint density at radius 2 is 2.00 bits per heavy atom. The first-order chi connectivity index (χ1) is 14.3. The summed E-state index contributed by atoms with van der Waals surface area (Å²) in [6, 6.07) is 23.1. The number of carbonyl (C=O) groups is 1. The van der Waals surface area contributed by atoms with E-state index in [0.29, 0.717) is 18.0 Å². The zero-order chi connectivity index (χ0) is 19.9. The van der Waals surface area contributed by atoms with Gasteiger partial charge in [-0.2, -0.15) is 10.2 Å². The lowest BCUT2D eigenvalue weighted by molar-refractivity contribution is 0.0950. The van der Waals surface area contributed by atoms with Gasteiger partial charge in [-0.25, -0.2) is 5.43 Å². The molecule has 0 fully saturated rings. The van der Waals surface area contributed by atoms with Gasteiger partial charge in [-0.05, 0) is 35.2 Å². The summed E-state index contributed by atoms with van der Waals surface area (Å²) in [5, 5.41) is 12.9. The van der Waals surface area contributed by atoms with Crippen molar-refractivity contribution in [3.63, 3.8) is 0 Å². The van der Waals surface area contributed by atoms with Gasteiger partial charge in [-0.3, -0.25) is 9.89 Å². The van der Waals surface area contributed by atoms with Crippen molar-refractivity contribution in [2.45, 2.75) is 6.61 Å². The van der Waals surface area contributed by atoms with Crippen molar-refractivity contribution in [3.05, 3.63) is 94.3 Å². The summed E-state index contributed by atoms with van der Waals surface area (Å²) in [6.07, 6.45) is 1.60. The maximum Gasteiger partial charge on any atom is 0.289 e. The Morgan fingerprint density at radius 3 is 2.83 bits per heavy atom. The van der Waals surface area contributed by atoms with E-state index in [0.717, 1.165) is 21.8 Å². The number of hydrazone groups is 1. The molecular formula is C22H18N4O2S. The van der Waals surface area contributed by atoms with Crippen LogP contribution in [-0.2, 0) is 6.61 Å². The molecule has 144 valence electrons. The Hall–Kier alpha value is -3.71. The van der Waals surface area contributed by atoms with Crippen LogP contribution in [0.1, 0.15) is 20.9 Å². The number of thiophene rings is 1. The fourth-order valence-electron chi connectivity index (χ4n) is 2.65. The van der Waals surface area contributed by atoms with Crippen LogP contribution < -0.4 is 10.2 Å². The van der Waals surface area contributed by atoms with Crippen LogP contribution in [0.5, 0.6) is 5.75 Å². The second-order valence-electron chi connectivity index (χ2n) is 6.18. The highest BCUT2D eigenvalue weighted by molar-refractivity contribution is 7.11. The average Bonchev–Trinajstić information content (AvgIpc) is 3.46. The number of hydrogen-bond acceptors (Lipinski definition) is 5. The number of carbonyl (C=O) groups excluding carboxylic acids is 1. The lowest BCUT2D eigenvalue weighted by Crippen LogP contribution is -2.17. The molecule has 0 aliphatic rings. The lowest BCUT2D eigenvalue weighted by atomic mass is 10.1. The van der Waals surface area contributed by atoms with Crippen LogP contribution in [0.15, 0.2) is 83.3 Å². The van der Waals surface area contributed by atoms with E-state index in [1.807, 2.05) is 72.1 Å². The number of rotatable bonds is 7. The minimum absolute atomic E-state index is 0.332. The molecule has 1 amide bonds. The normalized spacial score (nSPS) is 10.9. The minimum Gasteiger partial charge on any atom is -0.489 e. The topological polar surface area (TPSA) is 79.4 Å². The van der Waals surface area contributed by atoms with Crippen molar-refractivity contribution in [2.75, 3.05) is 0 Å². The molecule has 4 rings (SSSR count). The molecule has 0 radical (unpaired) electrons. The molecule has 7 heteroatoms. The number of H-pyrrole nitrogens is 1. The fourth-order valence-corrected chi connectivity index (χ4v) is 3.24. The molecule has 0 saturated heterocycles. The van der Waals surface area contributed by atoms with Crippen LogP contribution in [-0.4, -0.2) is 22.3 Å². The Balaban J connectivity index is 1.40. The number of nitrogens with zero attached hydrogens (tertiary/aromatic N) is 2. The molecule has 2 N–H and O–H groups in total. The van der Waals surface area contributed by atoms with Crippen LogP contribution in [0, 0.1) is 0 Å². The molecule has 2 aromatic carbocycles. The molecule has 0 spiro atoms. The lowest BCUT2D eigenvalue weighted by Gasteiger charge is -2.07. The third-order valence-corrected chi connectivity index (χ3v) is 4.91. The molecule has 0 saturated carbocycles. The van der Waals surface area contributed by atoms with Gasteiger partial charge in [-0.15, -0.1) is 11.3 Å². The van der Waals surface area contributed by atoms with Crippen LogP contribution in [0.2, 0.25) is 0 Å². The van der Waals surface area contributed by atoms with Gasteiger partial charge in [0.2, 0.25) is 0 Å². The van der Waals surface area contributed by atoms with Gasteiger partial charge in [0.25, 0.3) is 5.91 Å². The predicted molar refractivity (Wildman–Crippen MR) is 114 cm³/mol. The summed E-state index contributed by atoms with van der Waals surface area (Å²) < 4.78 is 5.86. The molecule has 2 heterocycles. The summed E-state index contributed by atoms with van der Waals surface area (Å²) in [7, 11) is 0. The maximum absolute atomic E-state index is 12.2. The summed E-state index contributed by atoms with van der Waals surface area (Å²) in [5.74, 6) is 0.383. The number of aromatic amines is 1. The number of nitrogens with one attached hydrogen (secondary N) is 2. The van der Waals surface area contributed by atoms with Crippen LogP contribution in [0.3, 0.4) is 0 Å². The third kappa shape index (κ3) is 4.97. The van der Waals surface area contributed by atoms with E-state index in [1.165, 1.54) is 0 Å². The van der Waals surface area contributed by atoms with Gasteiger partial charge in [0.1, 0.15) is 18.1 Å². The zero-order valence-electron chi connectivity index (χ0n) is 15.4. The van der Waals surface area contributed by atoms with E-state index in [-0.39, 0.29) is 5.91 Å². The molecule has 0 aliphatic heterocycles. The molecular weight excluding hydrogens is 384 g/mol. The molecule has 0 unspecified atom stereocenters.